The molecule has 0 heteroatoms. The predicted octanol–water partition coefficient (Wildman–Crippen LogP) is 3.59. The van der Waals surface area contributed by atoms with E-state index < -0.39 is 0 Å². The minimum absolute atomic E-state index is 0.891. The van der Waals surface area contributed by atoms with E-state index in [2.05, 4.69) is 26.3 Å². The first-order valence-electron chi connectivity index (χ1n) is 5.28. The van der Waals surface area contributed by atoms with Gasteiger partial charge in [0.15, 0.2) is 0 Å². The number of hydrogen-bond acceptors (Lipinski definition) is 0. The van der Waals surface area contributed by atoms with Crippen LogP contribution in [0.5, 0.6) is 0 Å². The average molecular weight is 163 g/mol. The maximum absolute atomic E-state index is 2.56. The molecule has 1 fully saturated rings. The highest BCUT2D eigenvalue weighted by molar-refractivity contribution is 5.14. The van der Waals surface area contributed by atoms with Crippen LogP contribution >= 0.6 is 0 Å². The van der Waals surface area contributed by atoms with Crippen LogP contribution in [0.1, 0.15) is 39.5 Å². The number of allylic oxidation sites excluding steroid dienone is 2. The Bertz CT molecular complexity index is 190. The third kappa shape index (κ3) is 1.44. The van der Waals surface area contributed by atoms with Gasteiger partial charge in [-0.25, -0.2) is 0 Å². The quantitative estimate of drug-likeness (QED) is 0.479. The van der Waals surface area contributed by atoms with Gasteiger partial charge in [-0.15, -0.1) is 0 Å². The lowest BCUT2D eigenvalue weighted by Crippen LogP contribution is -2.28. The molecule has 1 saturated carbocycles. The zero-order valence-corrected chi connectivity index (χ0v) is 8.22. The molecule has 0 nitrogen and oxygen atoms in total. The Morgan fingerprint density at radius 2 is 2.17 bits per heavy atom. The fraction of sp³-hybridized carbons (Fsp3) is 0.750. The van der Waals surface area contributed by atoms with Gasteiger partial charge in [0.1, 0.15) is 0 Å². The largest absolute Gasteiger partial charge is 0.0822 e. The highest BCUT2D eigenvalue weighted by Crippen LogP contribution is 2.41. The normalized spacial score (nSPS) is 41.8. The van der Waals surface area contributed by atoms with Crippen LogP contribution in [0.3, 0.4) is 0 Å². The first-order chi connectivity index (χ1) is 5.77. The van der Waals surface area contributed by atoms with E-state index in [0.29, 0.717) is 0 Å². The zero-order valence-electron chi connectivity index (χ0n) is 8.22. The van der Waals surface area contributed by atoms with Crippen molar-refractivity contribution in [3.05, 3.63) is 18.1 Å². The van der Waals surface area contributed by atoms with E-state index in [1.54, 1.807) is 5.57 Å². The molecule has 2 aliphatic carbocycles. The Balaban J connectivity index is 2.12. The molecule has 2 aliphatic rings. The number of hydrogen-bond donors (Lipinski definition) is 0. The van der Waals surface area contributed by atoms with E-state index in [4.69, 9.17) is 0 Å². The maximum atomic E-state index is 2.56. The molecule has 3 unspecified atom stereocenters. The molecule has 0 amide bonds. The summed E-state index contributed by atoms with van der Waals surface area (Å²) in [6.45, 7) is 4.69. The van der Waals surface area contributed by atoms with Crippen LogP contribution in [0, 0.1) is 24.2 Å². The summed E-state index contributed by atoms with van der Waals surface area (Å²) in [7, 11) is 0. The van der Waals surface area contributed by atoms with E-state index >= 15 is 0 Å². The van der Waals surface area contributed by atoms with Crippen LogP contribution < -0.4 is 0 Å². The summed E-state index contributed by atoms with van der Waals surface area (Å²) in [6, 6.07) is 0. The second-order valence-corrected chi connectivity index (χ2v) is 4.60. The average Bonchev–Trinajstić information content (AvgIpc) is 2.04. The van der Waals surface area contributed by atoms with Gasteiger partial charge in [-0.1, -0.05) is 31.4 Å². The van der Waals surface area contributed by atoms with E-state index in [1.807, 2.05) is 0 Å². The highest BCUT2D eigenvalue weighted by atomic mass is 14.4. The molecule has 0 heterocycles. The lowest BCUT2D eigenvalue weighted by molar-refractivity contribution is 0.220. The van der Waals surface area contributed by atoms with Gasteiger partial charge >= 0.3 is 0 Å². The van der Waals surface area contributed by atoms with Crippen molar-refractivity contribution in [2.24, 2.45) is 17.8 Å². The Kier molecular flexibility index (Phi) is 2.25. The van der Waals surface area contributed by atoms with Crippen LogP contribution in [-0.4, -0.2) is 0 Å². The molecule has 0 aromatic carbocycles. The lowest BCUT2D eigenvalue weighted by Gasteiger charge is -2.38. The minimum atomic E-state index is 0.891. The smallest absolute Gasteiger partial charge is 0.0197 e. The van der Waals surface area contributed by atoms with Crippen molar-refractivity contribution in [3.63, 3.8) is 0 Å². The van der Waals surface area contributed by atoms with Gasteiger partial charge in [0.05, 0.1) is 0 Å². The highest BCUT2D eigenvalue weighted by Gasteiger charge is 2.31. The Labute approximate surface area is 76.1 Å². The van der Waals surface area contributed by atoms with Gasteiger partial charge in [0.2, 0.25) is 0 Å². The molecule has 0 aromatic heterocycles. The topological polar surface area (TPSA) is 0 Å². The monoisotopic (exact) mass is 163 g/mol. The molecule has 1 radical (unpaired) electrons. The van der Waals surface area contributed by atoms with Crippen molar-refractivity contribution in [3.8, 4) is 0 Å². The Morgan fingerprint density at radius 1 is 1.33 bits per heavy atom. The third-order valence-corrected chi connectivity index (χ3v) is 3.56. The summed E-state index contributed by atoms with van der Waals surface area (Å²) >= 11 is 0. The third-order valence-electron chi connectivity index (χ3n) is 3.56. The zero-order chi connectivity index (χ0) is 8.55. The van der Waals surface area contributed by atoms with Gasteiger partial charge in [0.25, 0.3) is 0 Å². The maximum Gasteiger partial charge on any atom is -0.0197 e. The summed E-state index contributed by atoms with van der Waals surface area (Å²) in [5.74, 6) is 2.73. The van der Waals surface area contributed by atoms with Crippen molar-refractivity contribution in [1.29, 1.82) is 0 Å². The summed E-state index contributed by atoms with van der Waals surface area (Å²) in [5.41, 5.74) is 1.59. The Morgan fingerprint density at radius 3 is 3.00 bits per heavy atom. The molecule has 2 rings (SSSR count). The van der Waals surface area contributed by atoms with Crippen molar-refractivity contribution in [2.75, 3.05) is 0 Å². The molecular formula is C12H19. The summed E-state index contributed by atoms with van der Waals surface area (Å²) in [4.78, 5) is 0. The molecule has 0 spiro atoms. The number of fused-ring (bicyclic) bond motifs is 1. The van der Waals surface area contributed by atoms with E-state index in [1.165, 1.54) is 25.7 Å². The second-order valence-electron chi connectivity index (χ2n) is 4.60. The number of rotatable bonds is 0. The molecule has 0 aromatic rings. The van der Waals surface area contributed by atoms with Crippen LogP contribution in [0.25, 0.3) is 0 Å². The first-order valence-corrected chi connectivity index (χ1v) is 5.28. The molecule has 0 aliphatic heterocycles. The second kappa shape index (κ2) is 3.24. The van der Waals surface area contributed by atoms with Crippen LogP contribution in [0.4, 0.5) is 0 Å². The van der Waals surface area contributed by atoms with Crippen molar-refractivity contribution in [2.45, 2.75) is 39.5 Å². The van der Waals surface area contributed by atoms with Crippen LogP contribution in [-0.2, 0) is 0 Å². The summed E-state index contributed by atoms with van der Waals surface area (Å²) in [5, 5.41) is 0. The van der Waals surface area contributed by atoms with Crippen molar-refractivity contribution < 1.29 is 0 Å². The minimum Gasteiger partial charge on any atom is -0.0822 e. The molecule has 3 atom stereocenters. The molecule has 0 saturated heterocycles. The molecule has 0 N–H and O–H groups in total. The van der Waals surface area contributed by atoms with Gasteiger partial charge < -0.3 is 0 Å². The van der Waals surface area contributed by atoms with E-state index in [0.717, 1.165) is 17.8 Å². The van der Waals surface area contributed by atoms with E-state index in [9.17, 15) is 0 Å². The van der Waals surface area contributed by atoms with Gasteiger partial charge in [-0.2, -0.15) is 0 Å². The molecule has 0 bridgehead atoms. The SMILES string of the molecule is CC1=CC2CCCC(C)C2[CH]C1. The molecule has 12 heavy (non-hydrogen) atoms. The Hall–Kier alpha value is -0.260. The lowest BCUT2D eigenvalue weighted by atomic mass is 9.67. The standard InChI is InChI=1S/C12H19/c1-9-6-7-12-10(2)4-3-5-11(12)8-9/h7-8,10-12H,3-6H2,1-2H3. The summed E-state index contributed by atoms with van der Waals surface area (Å²) < 4.78 is 0. The molecule has 67 valence electrons. The first kappa shape index (κ1) is 8.34. The van der Waals surface area contributed by atoms with Crippen molar-refractivity contribution in [1.82, 2.24) is 0 Å². The van der Waals surface area contributed by atoms with Gasteiger partial charge in [0, 0.05) is 0 Å². The summed E-state index contributed by atoms with van der Waals surface area (Å²) in [6.07, 6.45) is 10.7. The van der Waals surface area contributed by atoms with Crippen LogP contribution in [0.15, 0.2) is 11.6 Å². The molecular weight excluding hydrogens is 144 g/mol. The van der Waals surface area contributed by atoms with Gasteiger partial charge in [-0.05, 0) is 43.9 Å². The fourth-order valence-electron chi connectivity index (χ4n) is 2.84. The van der Waals surface area contributed by atoms with Crippen LogP contribution in [0.2, 0.25) is 0 Å². The fourth-order valence-corrected chi connectivity index (χ4v) is 2.84. The van der Waals surface area contributed by atoms with Crippen molar-refractivity contribution >= 4 is 0 Å². The predicted molar refractivity (Wildman–Crippen MR) is 52.7 cm³/mol. The van der Waals surface area contributed by atoms with Gasteiger partial charge in [-0.3, -0.25) is 0 Å². The van der Waals surface area contributed by atoms with E-state index in [-0.39, 0.29) is 0 Å².